The Balaban J connectivity index is 1.57. The Labute approximate surface area is 158 Å². The number of nitrogens with one attached hydrogen (secondary N) is 3. The summed E-state index contributed by atoms with van der Waals surface area (Å²) in [6.45, 7) is 0.690. The van der Waals surface area contributed by atoms with Crippen LogP contribution in [0, 0.1) is 23.2 Å². The lowest BCUT2D eigenvalue weighted by Crippen LogP contribution is -2.54. The van der Waals surface area contributed by atoms with Crippen molar-refractivity contribution in [1.82, 2.24) is 15.8 Å². The number of benzene rings is 1. The molecule has 1 amide bonds. The van der Waals surface area contributed by atoms with Gasteiger partial charge in [-0.1, -0.05) is 24.4 Å². The van der Waals surface area contributed by atoms with E-state index < -0.39 is 0 Å². The van der Waals surface area contributed by atoms with E-state index in [0.717, 1.165) is 37.8 Å². The van der Waals surface area contributed by atoms with Crippen molar-refractivity contribution >= 4 is 23.2 Å². The Morgan fingerprint density at radius 2 is 1.92 bits per heavy atom. The molecule has 3 fully saturated rings. The number of nitriles is 1. The molecule has 2 saturated heterocycles. The van der Waals surface area contributed by atoms with Crippen LogP contribution in [0.2, 0.25) is 5.02 Å². The number of carbonyl (C=O) groups excluding carboxylic acids is 1. The molecule has 5 atom stereocenters. The highest BCUT2D eigenvalue weighted by Crippen LogP contribution is 2.36. The van der Waals surface area contributed by atoms with E-state index in [1.165, 1.54) is 0 Å². The van der Waals surface area contributed by atoms with Crippen molar-refractivity contribution in [3.8, 4) is 6.07 Å². The van der Waals surface area contributed by atoms with Gasteiger partial charge in [-0.25, -0.2) is 10.4 Å². The average molecular weight is 374 g/mol. The number of hydrogen-bond acceptors (Lipinski definition) is 5. The first-order chi connectivity index (χ1) is 12.7. The van der Waals surface area contributed by atoms with E-state index in [1.54, 1.807) is 0 Å². The fourth-order valence-corrected chi connectivity index (χ4v) is 4.75. The molecule has 0 spiro atoms. The summed E-state index contributed by atoms with van der Waals surface area (Å²) in [5, 5.41) is 18.9. The Morgan fingerprint density at radius 3 is 2.69 bits per heavy atom. The van der Waals surface area contributed by atoms with Crippen LogP contribution in [0.15, 0.2) is 24.3 Å². The molecule has 138 valence electrons. The number of fused-ring (bicyclic) bond motifs is 1. The molecule has 26 heavy (non-hydrogen) atoms. The molecule has 0 radical (unpaired) electrons. The molecule has 2 heterocycles. The van der Waals surface area contributed by atoms with Crippen LogP contribution < -0.4 is 16.1 Å². The molecule has 4 rings (SSSR count). The number of carbonyl (C=O) groups is 1. The lowest BCUT2D eigenvalue weighted by atomic mass is 9.83. The van der Waals surface area contributed by atoms with Crippen molar-refractivity contribution in [1.29, 1.82) is 5.26 Å². The predicted molar refractivity (Wildman–Crippen MR) is 100 cm³/mol. The second-order valence-electron chi connectivity index (χ2n) is 7.43. The predicted octanol–water partition coefficient (Wildman–Crippen LogP) is 2.49. The van der Waals surface area contributed by atoms with Crippen LogP contribution in [-0.4, -0.2) is 35.7 Å². The van der Waals surface area contributed by atoms with Gasteiger partial charge in [-0.2, -0.15) is 5.26 Å². The van der Waals surface area contributed by atoms with Gasteiger partial charge in [-0.3, -0.25) is 4.79 Å². The minimum absolute atomic E-state index is 0.0242. The zero-order chi connectivity index (χ0) is 18.1. The lowest BCUT2D eigenvalue weighted by molar-refractivity contribution is -0.128. The Morgan fingerprint density at radius 1 is 1.15 bits per heavy atom. The maximum absolute atomic E-state index is 12.6. The first kappa shape index (κ1) is 17.6. The standard InChI is InChI=1S/C19H24ClN5O/c20-13-5-7-14(8-6-13)23-18-17-16(9-10-22-19(17)26)25(24-18)15-4-2-1-3-12(15)11-21/h5-8,12,15-18,23-24H,1-4,9-10H2,(H,22,26)/t12-,15+,16?,17?,18?/m1/s1. The first-order valence-corrected chi connectivity index (χ1v) is 9.79. The molecule has 3 aliphatic rings. The molecule has 1 aromatic carbocycles. The second kappa shape index (κ2) is 7.43. The van der Waals surface area contributed by atoms with Gasteiger partial charge in [-0.15, -0.1) is 0 Å². The van der Waals surface area contributed by atoms with Gasteiger partial charge in [0.05, 0.1) is 17.9 Å². The minimum Gasteiger partial charge on any atom is -0.368 e. The molecule has 2 aliphatic heterocycles. The molecule has 1 saturated carbocycles. The maximum Gasteiger partial charge on any atom is 0.228 e. The van der Waals surface area contributed by atoms with E-state index in [1.807, 2.05) is 24.3 Å². The van der Waals surface area contributed by atoms with Gasteiger partial charge in [0.2, 0.25) is 5.91 Å². The topological polar surface area (TPSA) is 80.2 Å². The quantitative estimate of drug-likeness (QED) is 0.758. The van der Waals surface area contributed by atoms with Crippen molar-refractivity contribution in [2.45, 2.75) is 50.4 Å². The fraction of sp³-hybridized carbons (Fsp3) is 0.579. The van der Waals surface area contributed by atoms with Crippen LogP contribution in [-0.2, 0) is 4.79 Å². The molecular formula is C19H24ClN5O. The summed E-state index contributed by atoms with van der Waals surface area (Å²) < 4.78 is 0. The fourth-order valence-electron chi connectivity index (χ4n) is 4.62. The molecule has 1 aliphatic carbocycles. The normalized spacial score (nSPS) is 34.6. The van der Waals surface area contributed by atoms with Crippen LogP contribution in [0.5, 0.6) is 0 Å². The van der Waals surface area contributed by atoms with Gasteiger partial charge in [0.15, 0.2) is 0 Å². The highest BCUT2D eigenvalue weighted by Gasteiger charge is 2.51. The van der Waals surface area contributed by atoms with Crippen molar-refractivity contribution in [2.24, 2.45) is 11.8 Å². The van der Waals surface area contributed by atoms with E-state index >= 15 is 0 Å². The zero-order valence-corrected chi connectivity index (χ0v) is 15.4. The summed E-state index contributed by atoms with van der Waals surface area (Å²) in [5.41, 5.74) is 4.46. The zero-order valence-electron chi connectivity index (χ0n) is 14.6. The van der Waals surface area contributed by atoms with E-state index in [0.29, 0.717) is 11.6 Å². The smallest absolute Gasteiger partial charge is 0.228 e. The minimum atomic E-state index is -0.192. The summed E-state index contributed by atoms with van der Waals surface area (Å²) in [6.07, 6.45) is 4.91. The number of anilines is 1. The monoisotopic (exact) mass is 373 g/mol. The third-order valence-electron chi connectivity index (χ3n) is 5.88. The Kier molecular flexibility index (Phi) is 5.03. The number of piperidine rings is 1. The molecule has 3 N–H and O–H groups in total. The highest BCUT2D eigenvalue weighted by atomic mass is 35.5. The summed E-state index contributed by atoms with van der Waals surface area (Å²) in [5.74, 6) is -0.0797. The number of hydrazine groups is 1. The van der Waals surface area contributed by atoms with Crippen molar-refractivity contribution in [3.05, 3.63) is 29.3 Å². The van der Waals surface area contributed by atoms with Crippen LogP contribution in [0.25, 0.3) is 0 Å². The maximum atomic E-state index is 12.6. The van der Waals surface area contributed by atoms with Crippen molar-refractivity contribution in [3.63, 3.8) is 0 Å². The second-order valence-corrected chi connectivity index (χ2v) is 7.86. The number of amides is 1. The van der Waals surface area contributed by atoms with Gasteiger partial charge in [0, 0.05) is 29.3 Å². The summed E-state index contributed by atoms with van der Waals surface area (Å²) in [7, 11) is 0. The lowest BCUT2D eigenvalue weighted by Gasteiger charge is -2.39. The van der Waals surface area contributed by atoms with Gasteiger partial charge in [-0.05, 0) is 43.5 Å². The van der Waals surface area contributed by atoms with Crippen LogP contribution in [0.4, 0.5) is 5.69 Å². The summed E-state index contributed by atoms with van der Waals surface area (Å²) in [6, 6.07) is 10.3. The Bertz CT molecular complexity index is 703. The van der Waals surface area contributed by atoms with Gasteiger partial charge >= 0.3 is 0 Å². The largest absolute Gasteiger partial charge is 0.368 e. The molecule has 1 aromatic rings. The number of nitrogens with zero attached hydrogens (tertiary/aromatic N) is 2. The number of hydrogen-bond donors (Lipinski definition) is 3. The van der Waals surface area contributed by atoms with Gasteiger partial charge in [0.1, 0.15) is 6.17 Å². The van der Waals surface area contributed by atoms with E-state index in [2.05, 4.69) is 27.1 Å². The molecule has 6 nitrogen and oxygen atoms in total. The highest BCUT2D eigenvalue weighted by molar-refractivity contribution is 6.30. The number of halogens is 1. The van der Waals surface area contributed by atoms with Crippen molar-refractivity contribution < 1.29 is 4.79 Å². The molecule has 0 bridgehead atoms. The van der Waals surface area contributed by atoms with Gasteiger partial charge < -0.3 is 10.6 Å². The molecular weight excluding hydrogens is 350 g/mol. The Hall–Kier alpha value is -1.81. The molecule has 0 aromatic heterocycles. The van der Waals surface area contributed by atoms with Crippen LogP contribution >= 0.6 is 11.6 Å². The van der Waals surface area contributed by atoms with Crippen LogP contribution in [0.1, 0.15) is 32.1 Å². The van der Waals surface area contributed by atoms with E-state index in [-0.39, 0.29) is 36.0 Å². The van der Waals surface area contributed by atoms with Crippen molar-refractivity contribution in [2.75, 3.05) is 11.9 Å². The third-order valence-corrected chi connectivity index (χ3v) is 6.13. The summed E-state index contributed by atoms with van der Waals surface area (Å²) >= 11 is 5.97. The third kappa shape index (κ3) is 3.27. The summed E-state index contributed by atoms with van der Waals surface area (Å²) in [4.78, 5) is 12.6. The van der Waals surface area contributed by atoms with E-state index in [9.17, 15) is 10.1 Å². The molecule has 3 unspecified atom stereocenters. The van der Waals surface area contributed by atoms with E-state index in [4.69, 9.17) is 11.6 Å². The first-order valence-electron chi connectivity index (χ1n) is 9.41. The van der Waals surface area contributed by atoms with Crippen LogP contribution in [0.3, 0.4) is 0 Å². The van der Waals surface area contributed by atoms with Gasteiger partial charge in [0.25, 0.3) is 0 Å². The SMILES string of the molecule is N#C[C@H]1CCCC[C@@H]1N1NC(Nc2ccc(Cl)cc2)C2C(=O)NCCC21. The number of rotatable bonds is 3. The molecule has 7 heteroatoms. The average Bonchev–Trinajstić information content (AvgIpc) is 3.03.